The molecule has 2 aromatic rings. The number of pyridine rings is 1. The fourth-order valence-corrected chi connectivity index (χ4v) is 4.55. The molecule has 5 nitrogen and oxygen atoms in total. The Labute approximate surface area is 164 Å². The van der Waals surface area contributed by atoms with E-state index in [4.69, 9.17) is 23.2 Å². The van der Waals surface area contributed by atoms with Crippen molar-refractivity contribution in [2.75, 3.05) is 31.1 Å². The lowest BCUT2D eigenvalue weighted by Gasteiger charge is -2.35. The minimum Gasteiger partial charge on any atom is -0.353 e. The lowest BCUT2D eigenvalue weighted by molar-refractivity contribution is -0.137. The lowest BCUT2D eigenvalue weighted by atomic mass is 10.2. The number of nitrogens with zero attached hydrogens (tertiary/aromatic N) is 3. The first-order valence-electron chi connectivity index (χ1n) is 7.82. The molecule has 1 aromatic heterocycles. The monoisotopic (exact) mass is 439 g/mol. The average Bonchev–Trinajstić information content (AvgIpc) is 2.61. The van der Waals surface area contributed by atoms with Crippen LogP contribution in [0.4, 0.5) is 19.0 Å². The van der Waals surface area contributed by atoms with Crippen LogP contribution in [0.2, 0.25) is 10.0 Å². The van der Waals surface area contributed by atoms with Gasteiger partial charge in [0, 0.05) is 37.4 Å². The van der Waals surface area contributed by atoms with E-state index in [-0.39, 0.29) is 41.9 Å². The molecule has 3 rings (SSSR count). The summed E-state index contributed by atoms with van der Waals surface area (Å²) in [6.45, 7) is 0.823. The number of sulfonamides is 1. The summed E-state index contributed by atoms with van der Waals surface area (Å²) in [5.41, 5.74) is -0.930. The zero-order valence-electron chi connectivity index (χ0n) is 13.7. The van der Waals surface area contributed by atoms with E-state index in [0.29, 0.717) is 5.02 Å². The molecule has 146 valence electrons. The van der Waals surface area contributed by atoms with Crippen molar-refractivity contribution in [3.8, 4) is 0 Å². The van der Waals surface area contributed by atoms with Crippen LogP contribution in [-0.2, 0) is 16.2 Å². The molecule has 0 bridgehead atoms. The summed E-state index contributed by atoms with van der Waals surface area (Å²) in [7, 11) is -3.67. The van der Waals surface area contributed by atoms with E-state index in [9.17, 15) is 21.6 Å². The molecule has 0 saturated carbocycles. The third-order valence-corrected chi connectivity index (χ3v) is 6.58. The first kappa shape index (κ1) is 20.2. The predicted molar refractivity (Wildman–Crippen MR) is 96.7 cm³/mol. The Balaban J connectivity index is 1.73. The second kappa shape index (κ2) is 7.46. The van der Waals surface area contributed by atoms with Gasteiger partial charge in [0.25, 0.3) is 0 Å². The number of piperazine rings is 1. The van der Waals surface area contributed by atoms with E-state index in [1.54, 1.807) is 4.90 Å². The molecule has 1 saturated heterocycles. The van der Waals surface area contributed by atoms with Crippen LogP contribution >= 0.6 is 23.2 Å². The van der Waals surface area contributed by atoms with Gasteiger partial charge in [-0.1, -0.05) is 23.2 Å². The normalized spacial score (nSPS) is 16.6. The number of rotatable bonds is 3. The molecule has 0 atom stereocenters. The van der Waals surface area contributed by atoms with E-state index >= 15 is 0 Å². The summed E-state index contributed by atoms with van der Waals surface area (Å²) in [6, 6.07) is 6.67. The van der Waals surface area contributed by atoms with Crippen molar-refractivity contribution >= 4 is 39.0 Å². The average molecular weight is 440 g/mol. The molecule has 0 N–H and O–H groups in total. The van der Waals surface area contributed by atoms with Crippen molar-refractivity contribution in [3.05, 3.63) is 52.1 Å². The number of alkyl halides is 3. The third-order valence-electron chi connectivity index (χ3n) is 4.14. The van der Waals surface area contributed by atoms with E-state index in [0.717, 1.165) is 12.3 Å². The summed E-state index contributed by atoms with van der Waals surface area (Å²) in [5.74, 6) is 0.202. The predicted octanol–water partition coefficient (Wildman–Crippen LogP) is 3.92. The summed E-state index contributed by atoms with van der Waals surface area (Å²) in [6.07, 6.45) is -3.81. The lowest BCUT2D eigenvalue weighted by Crippen LogP contribution is -2.49. The maximum Gasteiger partial charge on any atom is 0.417 e. The van der Waals surface area contributed by atoms with Gasteiger partial charge in [0.2, 0.25) is 10.0 Å². The molecular weight excluding hydrogens is 426 g/mol. The van der Waals surface area contributed by atoms with Gasteiger partial charge in [-0.05, 0) is 30.3 Å². The summed E-state index contributed by atoms with van der Waals surface area (Å²) >= 11 is 11.7. The van der Waals surface area contributed by atoms with Crippen LogP contribution in [0.3, 0.4) is 0 Å². The Morgan fingerprint density at radius 2 is 1.59 bits per heavy atom. The highest BCUT2D eigenvalue weighted by molar-refractivity contribution is 7.89. The highest BCUT2D eigenvalue weighted by Crippen LogP contribution is 2.34. The highest BCUT2D eigenvalue weighted by Gasteiger charge is 2.33. The largest absolute Gasteiger partial charge is 0.417 e. The molecule has 1 fully saturated rings. The topological polar surface area (TPSA) is 53.5 Å². The number of hydrogen-bond donors (Lipinski definition) is 0. The molecule has 0 spiro atoms. The van der Waals surface area contributed by atoms with E-state index in [1.807, 2.05) is 0 Å². The van der Waals surface area contributed by atoms with Gasteiger partial charge in [-0.3, -0.25) is 0 Å². The summed E-state index contributed by atoms with van der Waals surface area (Å²) in [5, 5.41) is 0.306. The van der Waals surface area contributed by atoms with Gasteiger partial charge in [-0.15, -0.1) is 0 Å². The number of anilines is 1. The van der Waals surface area contributed by atoms with Crippen molar-refractivity contribution in [1.29, 1.82) is 0 Å². The Kier molecular flexibility index (Phi) is 5.58. The van der Waals surface area contributed by atoms with Gasteiger partial charge in [-0.2, -0.15) is 17.5 Å². The zero-order chi connectivity index (χ0) is 19.8. The first-order chi connectivity index (χ1) is 12.6. The first-order valence-corrected chi connectivity index (χ1v) is 10.0. The number of aromatic nitrogens is 1. The van der Waals surface area contributed by atoms with Crippen LogP contribution in [0.1, 0.15) is 5.56 Å². The van der Waals surface area contributed by atoms with Crippen LogP contribution in [0.25, 0.3) is 0 Å². The number of halogens is 5. The molecule has 1 aliphatic rings. The molecule has 11 heteroatoms. The maximum atomic E-state index is 12.7. The molecule has 0 aliphatic carbocycles. The van der Waals surface area contributed by atoms with E-state index in [2.05, 4.69) is 4.98 Å². The number of hydrogen-bond acceptors (Lipinski definition) is 4. The summed E-state index contributed by atoms with van der Waals surface area (Å²) < 4.78 is 64.8. The van der Waals surface area contributed by atoms with Crippen molar-refractivity contribution in [2.45, 2.75) is 11.1 Å². The van der Waals surface area contributed by atoms with E-state index < -0.39 is 21.8 Å². The van der Waals surface area contributed by atoms with Crippen LogP contribution in [0.15, 0.2) is 41.4 Å². The molecule has 0 radical (unpaired) electrons. The number of benzene rings is 1. The van der Waals surface area contributed by atoms with Gasteiger partial charge in [0.15, 0.2) is 0 Å². The molecule has 0 unspecified atom stereocenters. The standard InChI is InChI=1S/C16H14Cl2F3N3O2S/c17-12-1-3-13(4-2-12)27(25,26)24-7-5-23(6-8-24)15-14(18)9-11(10-22-15)16(19,20)21/h1-4,9-10H,5-8H2. The van der Waals surface area contributed by atoms with Crippen molar-refractivity contribution < 1.29 is 21.6 Å². The fourth-order valence-electron chi connectivity index (χ4n) is 2.71. The molecule has 1 aliphatic heterocycles. The van der Waals surface area contributed by atoms with Crippen LogP contribution in [0.5, 0.6) is 0 Å². The Hall–Kier alpha value is -1.55. The van der Waals surface area contributed by atoms with Crippen LogP contribution in [0, 0.1) is 0 Å². The molecule has 2 heterocycles. The SMILES string of the molecule is O=S(=O)(c1ccc(Cl)cc1)N1CCN(c2ncc(C(F)(F)F)cc2Cl)CC1. The van der Waals surface area contributed by atoms with Gasteiger partial charge in [-0.25, -0.2) is 13.4 Å². The maximum absolute atomic E-state index is 12.7. The van der Waals surface area contributed by atoms with Crippen molar-refractivity contribution in [3.63, 3.8) is 0 Å². The minimum absolute atomic E-state index is 0.126. The molecule has 1 aromatic carbocycles. The quantitative estimate of drug-likeness (QED) is 0.727. The van der Waals surface area contributed by atoms with Crippen LogP contribution in [-0.4, -0.2) is 43.9 Å². The smallest absolute Gasteiger partial charge is 0.353 e. The highest BCUT2D eigenvalue weighted by atomic mass is 35.5. The Morgan fingerprint density at radius 3 is 2.11 bits per heavy atom. The zero-order valence-corrected chi connectivity index (χ0v) is 16.1. The summed E-state index contributed by atoms with van der Waals surface area (Å²) in [4.78, 5) is 5.61. The van der Waals surface area contributed by atoms with Gasteiger partial charge < -0.3 is 4.90 Å². The van der Waals surface area contributed by atoms with Crippen molar-refractivity contribution in [2.24, 2.45) is 0 Å². The Bertz CT molecular complexity index is 929. The van der Waals surface area contributed by atoms with Crippen molar-refractivity contribution in [1.82, 2.24) is 9.29 Å². The fraction of sp³-hybridized carbons (Fsp3) is 0.312. The third kappa shape index (κ3) is 4.31. The van der Waals surface area contributed by atoms with Gasteiger partial charge >= 0.3 is 6.18 Å². The van der Waals surface area contributed by atoms with E-state index in [1.165, 1.54) is 28.6 Å². The molecule has 0 amide bonds. The van der Waals surface area contributed by atoms with Gasteiger partial charge in [0.1, 0.15) is 5.82 Å². The minimum atomic E-state index is -4.53. The molecular formula is C16H14Cl2F3N3O2S. The second-order valence-corrected chi connectivity index (χ2v) is 8.65. The molecule has 27 heavy (non-hydrogen) atoms. The van der Waals surface area contributed by atoms with Gasteiger partial charge in [0.05, 0.1) is 15.5 Å². The second-order valence-electron chi connectivity index (χ2n) is 5.87. The van der Waals surface area contributed by atoms with Crippen LogP contribution < -0.4 is 4.90 Å². The Morgan fingerprint density at radius 1 is 1.00 bits per heavy atom.